The van der Waals surface area contributed by atoms with Gasteiger partial charge in [-0.05, 0) is 38.1 Å². The topological polar surface area (TPSA) is 25.8 Å². The molecule has 0 radical (unpaired) electrons. The zero-order valence-corrected chi connectivity index (χ0v) is 9.36. The molecule has 78 valence electrons. The van der Waals surface area contributed by atoms with Gasteiger partial charge < -0.3 is 0 Å². The average Bonchev–Trinajstić information content (AvgIpc) is 2.27. The highest BCUT2D eigenvalue weighted by molar-refractivity contribution is 5.42. The summed E-state index contributed by atoms with van der Waals surface area (Å²) in [6, 6.07) is 7.77. The van der Waals surface area contributed by atoms with Gasteiger partial charge in [-0.25, -0.2) is 0 Å². The van der Waals surface area contributed by atoms with Crippen LogP contribution in [-0.2, 0) is 0 Å². The molecule has 0 amide bonds. The molecule has 0 aliphatic carbocycles. The van der Waals surface area contributed by atoms with E-state index < -0.39 is 0 Å². The second-order valence-corrected chi connectivity index (χ2v) is 3.62. The van der Waals surface area contributed by atoms with Gasteiger partial charge in [0.25, 0.3) is 0 Å². The van der Waals surface area contributed by atoms with Gasteiger partial charge in [0.05, 0.1) is 0 Å². The van der Waals surface area contributed by atoms with Crippen molar-refractivity contribution in [3.8, 4) is 11.8 Å². The fourth-order valence-corrected chi connectivity index (χ4v) is 1.49. The number of aryl methyl sites for hydroxylation is 2. The molecular weight excluding hydrogens is 196 g/mol. The van der Waals surface area contributed by atoms with Crippen LogP contribution in [0.2, 0.25) is 0 Å². The lowest BCUT2D eigenvalue weighted by Crippen LogP contribution is -1.87. The summed E-state index contributed by atoms with van der Waals surface area (Å²) < 4.78 is 0. The van der Waals surface area contributed by atoms with Gasteiger partial charge in [-0.1, -0.05) is 11.8 Å². The van der Waals surface area contributed by atoms with Crippen molar-refractivity contribution in [1.82, 2.24) is 9.97 Å². The molecule has 0 aliphatic rings. The van der Waals surface area contributed by atoms with Crippen molar-refractivity contribution < 1.29 is 0 Å². The lowest BCUT2D eigenvalue weighted by Gasteiger charge is -1.96. The largest absolute Gasteiger partial charge is 0.265 e. The van der Waals surface area contributed by atoms with Crippen molar-refractivity contribution in [3.05, 3.63) is 59.2 Å². The zero-order valence-electron chi connectivity index (χ0n) is 9.36. The lowest BCUT2D eigenvalue weighted by molar-refractivity contribution is 1.12. The van der Waals surface area contributed by atoms with Crippen molar-refractivity contribution >= 4 is 0 Å². The number of hydrogen-bond donors (Lipinski definition) is 0. The van der Waals surface area contributed by atoms with E-state index in [9.17, 15) is 0 Å². The van der Waals surface area contributed by atoms with Gasteiger partial charge in [-0.15, -0.1) is 0 Å². The molecule has 2 nitrogen and oxygen atoms in total. The number of nitrogens with zero attached hydrogens (tertiary/aromatic N) is 2. The van der Waals surface area contributed by atoms with E-state index in [-0.39, 0.29) is 0 Å². The minimum absolute atomic E-state index is 0.974. The Balaban J connectivity index is 2.31. The first-order chi connectivity index (χ1) is 7.74. The molecule has 16 heavy (non-hydrogen) atoms. The Labute approximate surface area is 95.4 Å². The molecule has 0 aliphatic heterocycles. The minimum atomic E-state index is 0.974. The van der Waals surface area contributed by atoms with Crippen LogP contribution in [0.3, 0.4) is 0 Å². The van der Waals surface area contributed by atoms with Gasteiger partial charge >= 0.3 is 0 Å². The van der Waals surface area contributed by atoms with E-state index in [1.165, 1.54) is 0 Å². The molecule has 0 bridgehead atoms. The SMILES string of the molecule is Cc1cc(C#Cc2ccncc2)cc(C)n1. The summed E-state index contributed by atoms with van der Waals surface area (Å²) in [7, 11) is 0. The zero-order chi connectivity index (χ0) is 11.4. The molecule has 0 N–H and O–H groups in total. The molecule has 0 atom stereocenters. The molecule has 2 aromatic heterocycles. The van der Waals surface area contributed by atoms with Crippen LogP contribution in [0, 0.1) is 25.7 Å². The van der Waals surface area contributed by atoms with E-state index in [0.29, 0.717) is 0 Å². The number of aromatic nitrogens is 2. The van der Waals surface area contributed by atoms with Crippen LogP contribution < -0.4 is 0 Å². The monoisotopic (exact) mass is 208 g/mol. The molecule has 2 heterocycles. The van der Waals surface area contributed by atoms with Gasteiger partial charge in [0.15, 0.2) is 0 Å². The molecule has 0 unspecified atom stereocenters. The maximum absolute atomic E-state index is 4.31. The Hall–Kier alpha value is -2.14. The first-order valence-electron chi connectivity index (χ1n) is 5.11. The summed E-state index contributed by atoms with van der Waals surface area (Å²) in [5.74, 6) is 6.22. The van der Waals surface area contributed by atoms with Crippen LogP contribution in [-0.4, -0.2) is 9.97 Å². The smallest absolute Gasteiger partial charge is 0.0388 e. The normalized spacial score (nSPS) is 9.38. The quantitative estimate of drug-likeness (QED) is 0.622. The van der Waals surface area contributed by atoms with Gasteiger partial charge in [-0.3, -0.25) is 9.97 Å². The predicted octanol–water partition coefficient (Wildman–Crippen LogP) is 2.49. The Morgan fingerprint density at radius 2 is 1.44 bits per heavy atom. The maximum atomic E-state index is 4.31. The number of rotatable bonds is 0. The van der Waals surface area contributed by atoms with E-state index in [4.69, 9.17) is 0 Å². The van der Waals surface area contributed by atoms with Gasteiger partial charge in [0, 0.05) is 34.9 Å². The Morgan fingerprint density at radius 3 is 2.06 bits per heavy atom. The lowest BCUT2D eigenvalue weighted by atomic mass is 10.2. The Kier molecular flexibility index (Phi) is 2.98. The summed E-state index contributed by atoms with van der Waals surface area (Å²) in [5, 5.41) is 0. The summed E-state index contributed by atoms with van der Waals surface area (Å²) in [5.41, 5.74) is 3.97. The molecule has 0 spiro atoms. The molecule has 0 fully saturated rings. The maximum Gasteiger partial charge on any atom is 0.0388 e. The van der Waals surface area contributed by atoms with E-state index in [2.05, 4.69) is 21.8 Å². The standard InChI is InChI=1S/C14H12N2/c1-11-9-14(10-12(2)16-11)4-3-13-5-7-15-8-6-13/h5-10H,1-2H3. The van der Waals surface area contributed by atoms with Crippen molar-refractivity contribution in [2.75, 3.05) is 0 Å². The number of pyridine rings is 2. The van der Waals surface area contributed by atoms with E-state index in [1.807, 2.05) is 38.1 Å². The second-order valence-electron chi connectivity index (χ2n) is 3.62. The number of hydrogen-bond acceptors (Lipinski definition) is 2. The predicted molar refractivity (Wildman–Crippen MR) is 63.9 cm³/mol. The highest BCUT2D eigenvalue weighted by Gasteiger charge is 1.93. The molecule has 0 saturated carbocycles. The van der Waals surface area contributed by atoms with Crippen LogP contribution in [0.15, 0.2) is 36.7 Å². The summed E-state index contributed by atoms with van der Waals surface area (Å²) >= 11 is 0. The third-order valence-electron chi connectivity index (χ3n) is 2.11. The molecule has 0 saturated heterocycles. The second kappa shape index (κ2) is 4.59. The van der Waals surface area contributed by atoms with Crippen molar-refractivity contribution in [1.29, 1.82) is 0 Å². The fourth-order valence-electron chi connectivity index (χ4n) is 1.49. The first-order valence-corrected chi connectivity index (χ1v) is 5.11. The summed E-state index contributed by atoms with van der Waals surface area (Å²) in [4.78, 5) is 8.26. The van der Waals surface area contributed by atoms with Crippen LogP contribution in [0.1, 0.15) is 22.5 Å². The van der Waals surface area contributed by atoms with Crippen molar-refractivity contribution in [2.45, 2.75) is 13.8 Å². The molecule has 2 heteroatoms. The van der Waals surface area contributed by atoms with Crippen LogP contribution in [0.25, 0.3) is 0 Å². The van der Waals surface area contributed by atoms with Crippen LogP contribution >= 0.6 is 0 Å². The third-order valence-corrected chi connectivity index (χ3v) is 2.11. The molecular formula is C14H12N2. The minimum Gasteiger partial charge on any atom is -0.265 e. The van der Waals surface area contributed by atoms with Gasteiger partial charge in [0.2, 0.25) is 0 Å². The molecule has 0 aromatic carbocycles. The third kappa shape index (κ3) is 2.68. The van der Waals surface area contributed by atoms with E-state index >= 15 is 0 Å². The van der Waals surface area contributed by atoms with E-state index in [0.717, 1.165) is 22.5 Å². The van der Waals surface area contributed by atoms with Gasteiger partial charge in [0.1, 0.15) is 0 Å². The van der Waals surface area contributed by atoms with Crippen molar-refractivity contribution in [3.63, 3.8) is 0 Å². The first kappa shape index (κ1) is 10.4. The molecule has 2 rings (SSSR count). The summed E-state index contributed by atoms with van der Waals surface area (Å²) in [6.07, 6.45) is 3.49. The highest BCUT2D eigenvalue weighted by Crippen LogP contribution is 2.03. The average molecular weight is 208 g/mol. The van der Waals surface area contributed by atoms with Crippen LogP contribution in [0.5, 0.6) is 0 Å². The Bertz CT molecular complexity index is 528. The summed E-state index contributed by atoms with van der Waals surface area (Å²) in [6.45, 7) is 3.95. The molecule has 2 aromatic rings. The fraction of sp³-hybridized carbons (Fsp3) is 0.143. The van der Waals surface area contributed by atoms with Gasteiger partial charge in [-0.2, -0.15) is 0 Å². The van der Waals surface area contributed by atoms with Crippen molar-refractivity contribution in [2.24, 2.45) is 0 Å². The Morgan fingerprint density at radius 1 is 0.875 bits per heavy atom. The highest BCUT2D eigenvalue weighted by atomic mass is 14.7. The van der Waals surface area contributed by atoms with Crippen LogP contribution in [0.4, 0.5) is 0 Å². The van der Waals surface area contributed by atoms with E-state index in [1.54, 1.807) is 12.4 Å².